The van der Waals surface area contributed by atoms with Gasteiger partial charge in [-0.15, -0.1) is 11.3 Å². The van der Waals surface area contributed by atoms with Gasteiger partial charge in [-0.2, -0.15) is 0 Å². The fraction of sp³-hybridized carbons (Fsp3) is 0.375. The van der Waals surface area contributed by atoms with Gasteiger partial charge in [0.2, 0.25) is 0 Å². The van der Waals surface area contributed by atoms with Gasteiger partial charge in [0.15, 0.2) is 0 Å². The van der Waals surface area contributed by atoms with Crippen LogP contribution >= 0.6 is 11.3 Å². The molecular formula is C16H21N3O3S. The Morgan fingerprint density at radius 2 is 2.09 bits per heavy atom. The van der Waals surface area contributed by atoms with E-state index in [9.17, 15) is 4.79 Å². The van der Waals surface area contributed by atoms with Crippen molar-refractivity contribution in [3.8, 4) is 5.75 Å². The SMILES string of the molecule is COCCOc1ccc(CNC(=O)c2csc(CCN)n2)cc1. The maximum absolute atomic E-state index is 12.0. The van der Waals surface area contributed by atoms with E-state index >= 15 is 0 Å². The third-order valence-electron chi connectivity index (χ3n) is 3.08. The average Bonchev–Trinajstić information content (AvgIpc) is 3.03. The highest BCUT2D eigenvalue weighted by Crippen LogP contribution is 2.13. The predicted molar refractivity (Wildman–Crippen MR) is 89.9 cm³/mol. The van der Waals surface area contributed by atoms with Gasteiger partial charge in [-0.25, -0.2) is 4.98 Å². The zero-order chi connectivity index (χ0) is 16.5. The number of thiazole rings is 1. The standard InChI is InChI=1S/C16H21N3O3S/c1-21-8-9-22-13-4-2-12(3-5-13)10-18-16(20)14-11-23-15(19-14)6-7-17/h2-5,11H,6-10,17H2,1H3,(H,18,20). The number of carbonyl (C=O) groups is 1. The number of amides is 1. The minimum atomic E-state index is -0.176. The van der Waals surface area contributed by atoms with Crippen molar-refractivity contribution in [2.24, 2.45) is 5.73 Å². The lowest BCUT2D eigenvalue weighted by Crippen LogP contribution is -2.23. The van der Waals surface area contributed by atoms with Crippen LogP contribution in [0.3, 0.4) is 0 Å². The number of nitrogens with zero attached hydrogens (tertiary/aromatic N) is 1. The highest BCUT2D eigenvalue weighted by Gasteiger charge is 2.10. The van der Waals surface area contributed by atoms with Crippen molar-refractivity contribution < 1.29 is 14.3 Å². The number of carbonyl (C=O) groups excluding carboxylic acids is 1. The molecule has 1 amide bonds. The Morgan fingerprint density at radius 1 is 1.30 bits per heavy atom. The molecule has 2 aromatic rings. The molecule has 7 heteroatoms. The Morgan fingerprint density at radius 3 is 2.78 bits per heavy atom. The van der Waals surface area contributed by atoms with Crippen molar-refractivity contribution in [2.45, 2.75) is 13.0 Å². The molecule has 0 unspecified atom stereocenters. The highest BCUT2D eigenvalue weighted by atomic mass is 32.1. The van der Waals surface area contributed by atoms with Gasteiger partial charge in [-0.1, -0.05) is 12.1 Å². The molecule has 0 saturated carbocycles. The molecule has 3 N–H and O–H groups in total. The molecule has 0 fully saturated rings. The second-order valence-electron chi connectivity index (χ2n) is 4.83. The Hall–Kier alpha value is -1.96. The second-order valence-corrected chi connectivity index (χ2v) is 5.78. The fourth-order valence-electron chi connectivity index (χ4n) is 1.87. The molecule has 0 aliphatic heterocycles. The first-order chi connectivity index (χ1) is 11.2. The summed E-state index contributed by atoms with van der Waals surface area (Å²) in [7, 11) is 1.64. The van der Waals surface area contributed by atoms with Crippen LogP contribution in [0.25, 0.3) is 0 Å². The molecule has 1 aromatic heterocycles. The number of rotatable bonds is 9. The lowest BCUT2D eigenvalue weighted by atomic mass is 10.2. The molecule has 2 rings (SSSR count). The first-order valence-corrected chi connectivity index (χ1v) is 8.24. The van der Waals surface area contributed by atoms with Crippen LogP contribution in [-0.2, 0) is 17.7 Å². The maximum atomic E-state index is 12.0. The maximum Gasteiger partial charge on any atom is 0.271 e. The van der Waals surface area contributed by atoms with E-state index in [0.29, 0.717) is 38.4 Å². The average molecular weight is 335 g/mol. The number of ether oxygens (including phenoxy) is 2. The Bertz CT molecular complexity index is 613. The molecule has 124 valence electrons. The molecule has 0 radical (unpaired) electrons. The monoisotopic (exact) mass is 335 g/mol. The molecule has 0 aliphatic carbocycles. The van der Waals surface area contributed by atoms with Crippen LogP contribution in [-0.4, -0.2) is 37.8 Å². The number of hydrogen-bond donors (Lipinski definition) is 2. The molecule has 1 aromatic carbocycles. The lowest BCUT2D eigenvalue weighted by molar-refractivity contribution is 0.0946. The third kappa shape index (κ3) is 5.63. The minimum Gasteiger partial charge on any atom is -0.491 e. The molecule has 23 heavy (non-hydrogen) atoms. The van der Waals surface area contributed by atoms with Crippen molar-refractivity contribution in [1.29, 1.82) is 0 Å². The van der Waals surface area contributed by atoms with E-state index in [1.54, 1.807) is 12.5 Å². The van der Waals surface area contributed by atoms with Crippen LogP contribution in [0.2, 0.25) is 0 Å². The topological polar surface area (TPSA) is 86.5 Å². The Kier molecular flexibility index (Phi) is 6.99. The molecule has 6 nitrogen and oxygen atoms in total. The third-order valence-corrected chi connectivity index (χ3v) is 3.98. The highest BCUT2D eigenvalue weighted by molar-refractivity contribution is 7.09. The van der Waals surface area contributed by atoms with Crippen molar-refractivity contribution >= 4 is 17.2 Å². The van der Waals surface area contributed by atoms with Gasteiger partial charge in [0.1, 0.15) is 18.1 Å². The number of nitrogens with two attached hydrogens (primary N) is 1. The van der Waals surface area contributed by atoms with E-state index in [1.807, 2.05) is 24.3 Å². The Labute approximate surface area is 139 Å². The van der Waals surface area contributed by atoms with Crippen molar-refractivity contribution in [1.82, 2.24) is 10.3 Å². The number of methoxy groups -OCH3 is 1. The summed E-state index contributed by atoms with van der Waals surface area (Å²) in [5.74, 6) is 0.605. The number of aromatic nitrogens is 1. The van der Waals surface area contributed by atoms with Gasteiger partial charge in [-0.3, -0.25) is 4.79 Å². The van der Waals surface area contributed by atoms with Crippen LogP contribution in [0, 0.1) is 0 Å². The quantitative estimate of drug-likeness (QED) is 0.680. The van der Waals surface area contributed by atoms with Gasteiger partial charge in [0, 0.05) is 25.5 Å². The van der Waals surface area contributed by atoms with Crippen molar-refractivity contribution in [2.75, 3.05) is 26.9 Å². The zero-order valence-electron chi connectivity index (χ0n) is 13.1. The zero-order valence-corrected chi connectivity index (χ0v) is 13.9. The van der Waals surface area contributed by atoms with E-state index < -0.39 is 0 Å². The summed E-state index contributed by atoms with van der Waals surface area (Å²) in [6.07, 6.45) is 0.697. The van der Waals surface area contributed by atoms with E-state index in [-0.39, 0.29) is 5.91 Å². The van der Waals surface area contributed by atoms with Crippen LogP contribution < -0.4 is 15.8 Å². The first kappa shape index (κ1) is 17.4. The molecular weight excluding hydrogens is 314 g/mol. The minimum absolute atomic E-state index is 0.176. The van der Waals surface area contributed by atoms with E-state index in [2.05, 4.69) is 10.3 Å². The summed E-state index contributed by atoms with van der Waals surface area (Å²) in [5, 5.41) is 5.50. The summed E-state index contributed by atoms with van der Waals surface area (Å²) in [5.41, 5.74) is 6.92. The number of benzene rings is 1. The smallest absolute Gasteiger partial charge is 0.271 e. The molecule has 0 spiro atoms. The summed E-state index contributed by atoms with van der Waals surface area (Å²) in [4.78, 5) is 16.3. The first-order valence-electron chi connectivity index (χ1n) is 7.36. The number of nitrogens with one attached hydrogen (secondary N) is 1. The molecule has 0 bridgehead atoms. The Balaban J connectivity index is 1.81. The normalized spacial score (nSPS) is 10.5. The van der Waals surface area contributed by atoms with Crippen LogP contribution in [0.5, 0.6) is 5.75 Å². The summed E-state index contributed by atoms with van der Waals surface area (Å²) < 4.78 is 10.4. The molecule has 0 aliphatic rings. The van der Waals surface area contributed by atoms with Crippen LogP contribution in [0.1, 0.15) is 21.1 Å². The largest absolute Gasteiger partial charge is 0.491 e. The van der Waals surface area contributed by atoms with Crippen LogP contribution in [0.4, 0.5) is 0 Å². The molecule has 1 heterocycles. The van der Waals surface area contributed by atoms with Crippen LogP contribution in [0.15, 0.2) is 29.6 Å². The second kappa shape index (κ2) is 9.24. The van der Waals surface area contributed by atoms with Gasteiger partial charge >= 0.3 is 0 Å². The lowest BCUT2D eigenvalue weighted by Gasteiger charge is -2.07. The van der Waals surface area contributed by atoms with Gasteiger partial charge < -0.3 is 20.5 Å². The summed E-state index contributed by atoms with van der Waals surface area (Å²) in [6, 6.07) is 7.59. The molecule has 0 atom stereocenters. The van der Waals surface area contributed by atoms with Crippen molar-refractivity contribution in [3.63, 3.8) is 0 Å². The molecule has 0 saturated heterocycles. The van der Waals surface area contributed by atoms with Gasteiger partial charge in [-0.05, 0) is 24.2 Å². The summed E-state index contributed by atoms with van der Waals surface area (Å²) in [6.45, 7) is 2.05. The van der Waals surface area contributed by atoms with Gasteiger partial charge in [0.25, 0.3) is 5.91 Å². The van der Waals surface area contributed by atoms with E-state index in [1.165, 1.54) is 11.3 Å². The van der Waals surface area contributed by atoms with Gasteiger partial charge in [0.05, 0.1) is 11.6 Å². The van der Waals surface area contributed by atoms with Crippen molar-refractivity contribution in [3.05, 3.63) is 45.9 Å². The van der Waals surface area contributed by atoms with E-state index in [4.69, 9.17) is 15.2 Å². The predicted octanol–water partition coefficient (Wildman–Crippen LogP) is 1.60. The van der Waals surface area contributed by atoms with E-state index in [0.717, 1.165) is 16.3 Å². The number of hydrogen-bond acceptors (Lipinski definition) is 6. The summed E-state index contributed by atoms with van der Waals surface area (Å²) >= 11 is 1.46. The fourth-order valence-corrected chi connectivity index (χ4v) is 2.67.